The van der Waals surface area contributed by atoms with Gasteiger partial charge in [-0.15, -0.1) is 0 Å². The first-order valence-electron chi connectivity index (χ1n) is 7.17. The highest BCUT2D eigenvalue weighted by molar-refractivity contribution is 9.10. The predicted octanol–water partition coefficient (Wildman–Crippen LogP) is 2.33. The first-order chi connectivity index (χ1) is 9.93. The molecule has 1 fully saturated rings. The van der Waals surface area contributed by atoms with Crippen molar-refractivity contribution in [1.82, 2.24) is 0 Å². The van der Waals surface area contributed by atoms with Crippen LogP contribution < -0.4 is 5.73 Å². The number of rotatable bonds is 7. The molecule has 0 spiro atoms. The van der Waals surface area contributed by atoms with Gasteiger partial charge in [-0.25, -0.2) is 8.42 Å². The average molecular weight is 376 g/mol. The van der Waals surface area contributed by atoms with Crippen LogP contribution in [0.4, 0.5) is 0 Å². The lowest BCUT2D eigenvalue weighted by molar-refractivity contribution is 0.101. The fourth-order valence-corrected chi connectivity index (χ4v) is 5.55. The summed E-state index contributed by atoms with van der Waals surface area (Å²) < 4.78 is 31.4. The van der Waals surface area contributed by atoms with Gasteiger partial charge in [-0.3, -0.25) is 0 Å². The van der Waals surface area contributed by atoms with Crippen LogP contribution in [-0.2, 0) is 14.6 Å². The Morgan fingerprint density at radius 1 is 1.29 bits per heavy atom. The third-order valence-electron chi connectivity index (χ3n) is 4.35. The van der Waals surface area contributed by atoms with Gasteiger partial charge in [-0.1, -0.05) is 35.0 Å². The van der Waals surface area contributed by atoms with Crippen LogP contribution in [0.2, 0.25) is 0 Å². The number of benzene rings is 1. The first kappa shape index (κ1) is 16.9. The van der Waals surface area contributed by atoms with Gasteiger partial charge >= 0.3 is 0 Å². The lowest BCUT2D eigenvalue weighted by Crippen LogP contribution is -2.29. The van der Waals surface area contributed by atoms with E-state index in [2.05, 4.69) is 15.9 Å². The molecule has 1 saturated carbocycles. The summed E-state index contributed by atoms with van der Waals surface area (Å²) in [5.74, 6) is 0.0607. The van der Waals surface area contributed by atoms with Crippen LogP contribution in [0.3, 0.4) is 0 Å². The largest absolute Gasteiger partial charge is 0.381 e. The van der Waals surface area contributed by atoms with E-state index in [0.717, 1.165) is 10.0 Å². The van der Waals surface area contributed by atoms with Crippen molar-refractivity contribution in [2.45, 2.75) is 25.0 Å². The molecule has 6 heteroatoms. The predicted molar refractivity (Wildman–Crippen MR) is 88.1 cm³/mol. The van der Waals surface area contributed by atoms with E-state index in [0.29, 0.717) is 19.8 Å². The zero-order valence-electron chi connectivity index (χ0n) is 12.4. The highest BCUT2D eigenvalue weighted by atomic mass is 79.9. The standard InChI is InChI=1S/C15H22BrNO3S/c1-3-20-10-15(9-17)13(14(15)21(18,19)4-2)11-5-7-12(16)8-6-11/h5-8,13-14H,3-4,9-10,17H2,1-2H3/t13-,14+,15+/m1/s1. The third-order valence-corrected chi connectivity index (χ3v) is 7.20. The summed E-state index contributed by atoms with van der Waals surface area (Å²) in [6.45, 7) is 4.87. The highest BCUT2D eigenvalue weighted by Crippen LogP contribution is 2.62. The van der Waals surface area contributed by atoms with Crippen molar-refractivity contribution in [2.24, 2.45) is 11.1 Å². The molecule has 1 aromatic carbocycles. The van der Waals surface area contributed by atoms with Crippen LogP contribution in [-0.4, -0.2) is 39.2 Å². The molecule has 0 amide bonds. The Morgan fingerprint density at radius 3 is 2.38 bits per heavy atom. The SMILES string of the molecule is CCOC[C@@]1(CN)[C@H](c2ccc(Br)cc2)[C@@H]1S(=O)(=O)CC. The molecule has 4 nitrogen and oxygen atoms in total. The summed E-state index contributed by atoms with van der Waals surface area (Å²) in [7, 11) is -3.15. The molecule has 118 valence electrons. The van der Waals surface area contributed by atoms with Crippen molar-refractivity contribution in [3.05, 3.63) is 34.3 Å². The summed E-state index contributed by atoms with van der Waals surface area (Å²) in [6.07, 6.45) is 0. The monoisotopic (exact) mass is 375 g/mol. The summed E-state index contributed by atoms with van der Waals surface area (Å²) >= 11 is 3.40. The zero-order chi connectivity index (χ0) is 15.7. The Morgan fingerprint density at radius 2 is 1.90 bits per heavy atom. The van der Waals surface area contributed by atoms with E-state index in [1.807, 2.05) is 31.2 Å². The minimum atomic E-state index is -3.15. The summed E-state index contributed by atoms with van der Waals surface area (Å²) in [6, 6.07) is 7.81. The van der Waals surface area contributed by atoms with Gasteiger partial charge in [-0.05, 0) is 24.6 Å². The molecule has 0 heterocycles. The lowest BCUT2D eigenvalue weighted by atomic mass is 10.00. The zero-order valence-corrected chi connectivity index (χ0v) is 14.8. The Kier molecular flexibility index (Phi) is 5.13. The maximum atomic E-state index is 12.4. The number of halogens is 1. The second kappa shape index (κ2) is 6.36. The fourth-order valence-electron chi connectivity index (χ4n) is 3.14. The van der Waals surface area contributed by atoms with Crippen molar-refractivity contribution in [3.63, 3.8) is 0 Å². The van der Waals surface area contributed by atoms with Gasteiger partial charge < -0.3 is 10.5 Å². The van der Waals surface area contributed by atoms with Crippen LogP contribution in [0, 0.1) is 5.41 Å². The van der Waals surface area contributed by atoms with Gasteiger partial charge in [-0.2, -0.15) is 0 Å². The molecule has 1 aliphatic carbocycles. The van der Waals surface area contributed by atoms with Crippen LogP contribution in [0.5, 0.6) is 0 Å². The molecule has 3 atom stereocenters. The van der Waals surface area contributed by atoms with E-state index in [1.54, 1.807) is 6.92 Å². The smallest absolute Gasteiger partial charge is 0.154 e. The second-order valence-electron chi connectivity index (χ2n) is 5.48. The maximum absolute atomic E-state index is 12.4. The molecule has 21 heavy (non-hydrogen) atoms. The van der Waals surface area contributed by atoms with Gasteiger partial charge in [0.1, 0.15) is 0 Å². The molecular formula is C15H22BrNO3S. The summed E-state index contributed by atoms with van der Waals surface area (Å²) in [4.78, 5) is 0. The van der Waals surface area contributed by atoms with Crippen molar-refractivity contribution >= 4 is 25.8 Å². The molecule has 0 aromatic heterocycles. The van der Waals surface area contributed by atoms with Crippen LogP contribution in [0.1, 0.15) is 25.3 Å². The molecule has 2 rings (SSSR count). The average Bonchev–Trinajstić information content (AvgIpc) is 3.16. The summed E-state index contributed by atoms with van der Waals surface area (Å²) in [5.41, 5.74) is 6.49. The second-order valence-corrected chi connectivity index (χ2v) is 8.80. The Hall–Kier alpha value is -0.430. The molecule has 0 unspecified atom stereocenters. The van der Waals surface area contributed by atoms with Gasteiger partial charge in [0.25, 0.3) is 0 Å². The third kappa shape index (κ3) is 3.04. The van der Waals surface area contributed by atoms with Gasteiger partial charge in [0.05, 0.1) is 11.9 Å². The first-order valence-corrected chi connectivity index (χ1v) is 9.68. The molecule has 0 bridgehead atoms. The maximum Gasteiger partial charge on any atom is 0.154 e. The molecule has 0 radical (unpaired) electrons. The normalized spacial score (nSPS) is 28.6. The molecular weight excluding hydrogens is 354 g/mol. The number of sulfone groups is 1. The van der Waals surface area contributed by atoms with Crippen LogP contribution >= 0.6 is 15.9 Å². The van der Waals surface area contributed by atoms with E-state index >= 15 is 0 Å². The Balaban J connectivity index is 2.38. The van der Waals surface area contributed by atoms with Crippen molar-refractivity contribution < 1.29 is 13.2 Å². The molecule has 1 aliphatic rings. The van der Waals surface area contributed by atoms with Crippen LogP contribution in [0.25, 0.3) is 0 Å². The quantitative estimate of drug-likeness (QED) is 0.793. The summed E-state index contributed by atoms with van der Waals surface area (Å²) in [5, 5.41) is -0.437. The van der Waals surface area contributed by atoms with Crippen molar-refractivity contribution in [2.75, 3.05) is 25.5 Å². The van der Waals surface area contributed by atoms with E-state index in [4.69, 9.17) is 10.5 Å². The van der Waals surface area contributed by atoms with E-state index in [1.165, 1.54) is 0 Å². The van der Waals surface area contributed by atoms with E-state index < -0.39 is 20.5 Å². The molecule has 2 N–H and O–H groups in total. The Labute approximate surface area is 135 Å². The van der Waals surface area contributed by atoms with Crippen molar-refractivity contribution in [1.29, 1.82) is 0 Å². The highest BCUT2D eigenvalue weighted by Gasteiger charge is 2.69. The lowest BCUT2D eigenvalue weighted by Gasteiger charge is -2.15. The number of hydrogen-bond donors (Lipinski definition) is 1. The fraction of sp³-hybridized carbons (Fsp3) is 0.600. The Bertz CT molecular complexity index is 587. The van der Waals surface area contributed by atoms with E-state index in [9.17, 15) is 8.42 Å². The minimum absolute atomic E-state index is 0.0768. The number of nitrogens with two attached hydrogens (primary N) is 1. The number of ether oxygens (including phenoxy) is 1. The van der Waals surface area contributed by atoms with Crippen LogP contribution in [0.15, 0.2) is 28.7 Å². The molecule has 0 aliphatic heterocycles. The van der Waals surface area contributed by atoms with E-state index in [-0.39, 0.29) is 11.7 Å². The van der Waals surface area contributed by atoms with Gasteiger partial charge in [0.15, 0.2) is 9.84 Å². The van der Waals surface area contributed by atoms with Gasteiger partial charge in [0, 0.05) is 34.7 Å². The van der Waals surface area contributed by atoms with Crippen molar-refractivity contribution in [3.8, 4) is 0 Å². The topological polar surface area (TPSA) is 69.4 Å². The molecule has 0 saturated heterocycles. The van der Waals surface area contributed by atoms with Gasteiger partial charge in [0.2, 0.25) is 0 Å². The number of hydrogen-bond acceptors (Lipinski definition) is 4. The minimum Gasteiger partial charge on any atom is -0.381 e. The molecule has 1 aromatic rings.